The number of nitrogens with one attached hydrogen (secondary N) is 1. The van der Waals surface area contributed by atoms with Crippen LogP contribution in [0, 0.1) is 0 Å². The molecule has 1 aromatic carbocycles. The fraction of sp³-hybridized carbons (Fsp3) is 0.500. The Morgan fingerprint density at radius 3 is 2.08 bits per heavy atom. The van der Waals surface area contributed by atoms with Crippen LogP contribution in [0.1, 0.15) is 44.5 Å². The van der Waals surface area contributed by atoms with Gasteiger partial charge in [0, 0.05) is 33.3 Å². The van der Waals surface area contributed by atoms with Gasteiger partial charge in [-0.2, -0.15) is 0 Å². The molecule has 0 spiro atoms. The van der Waals surface area contributed by atoms with Gasteiger partial charge in [-0.25, -0.2) is 4.79 Å². The molecule has 0 bridgehead atoms. The number of carboxylic acid groups (broad SMARTS) is 1. The number of hydrogen-bond donors (Lipinski definition) is 3. The number of ether oxygens (including phenoxy) is 5. The number of aliphatic hydroxyl groups is 1. The summed E-state index contributed by atoms with van der Waals surface area (Å²) in [7, 11) is 0. The molecule has 14 nitrogen and oxygen atoms in total. The van der Waals surface area contributed by atoms with Crippen molar-refractivity contribution in [1.29, 1.82) is 0 Å². The van der Waals surface area contributed by atoms with Gasteiger partial charge in [0.25, 0.3) is 11.7 Å². The Balaban J connectivity index is 2.64. The summed E-state index contributed by atoms with van der Waals surface area (Å²) < 4.78 is 26.1. The Labute approximate surface area is 217 Å². The first-order valence-corrected chi connectivity index (χ1v) is 11.4. The van der Waals surface area contributed by atoms with Crippen molar-refractivity contribution in [3.05, 3.63) is 35.9 Å². The first kappa shape index (κ1) is 30.2. The van der Waals surface area contributed by atoms with Gasteiger partial charge in [-0.1, -0.05) is 18.2 Å². The predicted molar refractivity (Wildman–Crippen MR) is 123 cm³/mol. The van der Waals surface area contributed by atoms with Crippen LogP contribution in [0.25, 0.3) is 0 Å². The fourth-order valence-electron chi connectivity index (χ4n) is 3.85. The first-order chi connectivity index (χ1) is 17.7. The maximum Gasteiger partial charge on any atom is 0.364 e. The largest absolute Gasteiger partial charge is 0.477 e. The third-order valence-electron chi connectivity index (χ3n) is 5.31. The Morgan fingerprint density at radius 2 is 1.58 bits per heavy atom. The van der Waals surface area contributed by atoms with Crippen molar-refractivity contribution in [2.45, 2.75) is 70.4 Å². The van der Waals surface area contributed by atoms with Crippen molar-refractivity contribution in [2.24, 2.45) is 0 Å². The maximum atomic E-state index is 13.0. The molecule has 0 aliphatic carbocycles. The van der Waals surface area contributed by atoms with Crippen molar-refractivity contribution in [2.75, 3.05) is 6.61 Å². The van der Waals surface area contributed by atoms with Crippen LogP contribution in [-0.4, -0.2) is 88.8 Å². The fourth-order valence-corrected chi connectivity index (χ4v) is 3.85. The van der Waals surface area contributed by atoms with E-state index in [9.17, 15) is 39.0 Å². The zero-order valence-corrected chi connectivity index (χ0v) is 21.1. The number of aliphatic carboxylic acids is 1. The molecule has 14 heteroatoms. The molecule has 38 heavy (non-hydrogen) atoms. The minimum atomic E-state index is -2.99. The van der Waals surface area contributed by atoms with Crippen LogP contribution in [0.5, 0.6) is 0 Å². The lowest BCUT2D eigenvalue weighted by molar-refractivity contribution is -0.297. The third-order valence-corrected chi connectivity index (χ3v) is 5.31. The molecule has 2 rings (SSSR count). The highest BCUT2D eigenvalue weighted by molar-refractivity contribution is 5.94. The molecule has 1 amide bonds. The van der Waals surface area contributed by atoms with E-state index in [4.69, 9.17) is 23.7 Å². The molecule has 1 aliphatic heterocycles. The number of benzene rings is 1. The van der Waals surface area contributed by atoms with E-state index in [0.29, 0.717) is 0 Å². The second kappa shape index (κ2) is 13.0. The smallest absolute Gasteiger partial charge is 0.364 e. The molecule has 0 aromatic heterocycles. The summed E-state index contributed by atoms with van der Waals surface area (Å²) in [6, 6.07) is 6.30. The van der Waals surface area contributed by atoms with Crippen LogP contribution in [0.15, 0.2) is 30.3 Å². The van der Waals surface area contributed by atoms with E-state index in [0.717, 1.165) is 27.7 Å². The number of carbonyl (C=O) groups excluding carboxylic acids is 5. The van der Waals surface area contributed by atoms with Crippen molar-refractivity contribution >= 4 is 35.8 Å². The highest BCUT2D eigenvalue weighted by Crippen LogP contribution is 2.34. The van der Waals surface area contributed by atoms with Crippen LogP contribution in [0.4, 0.5) is 0 Å². The number of hydrogen-bond acceptors (Lipinski definition) is 12. The Bertz CT molecular complexity index is 1060. The number of carbonyl (C=O) groups is 6. The summed E-state index contributed by atoms with van der Waals surface area (Å²) in [5, 5.41) is 23.0. The number of carboxylic acids is 1. The van der Waals surface area contributed by atoms with Gasteiger partial charge in [0.15, 0.2) is 12.2 Å². The summed E-state index contributed by atoms with van der Waals surface area (Å²) >= 11 is 0. The SMILES string of the molecule is CC(=O)OC[C@@H](OC(C)=O)[C@@H](OC(C)=O)[C@@H]1O[C@@](O)(C(=O)O)C[C@H](OC(C)=O)[C@H]1NC(=O)c1ccccc1. The molecule has 3 N–H and O–H groups in total. The lowest BCUT2D eigenvalue weighted by atomic mass is 9.88. The molecule has 6 atom stereocenters. The van der Waals surface area contributed by atoms with Crippen molar-refractivity contribution < 1.29 is 62.7 Å². The highest BCUT2D eigenvalue weighted by atomic mass is 16.7. The first-order valence-electron chi connectivity index (χ1n) is 11.4. The van der Waals surface area contributed by atoms with E-state index in [2.05, 4.69) is 5.32 Å². The summed E-state index contributed by atoms with van der Waals surface area (Å²) in [6.45, 7) is 3.40. The van der Waals surface area contributed by atoms with Gasteiger partial charge in [-0.3, -0.25) is 24.0 Å². The second-order valence-electron chi connectivity index (χ2n) is 8.41. The molecule has 208 valence electrons. The standard InChI is InChI=1S/C24H29NO13/c1-12(26)34-11-18(36-14(3)28)20(37-15(4)29)21-19(25-22(30)16-8-6-5-7-9-16)17(35-13(2)27)10-24(33,38-21)23(31)32/h5-9,17-21,33H,10-11H2,1-4H3,(H,25,30)(H,31,32)/t17-,18+,19+,20+,21+,24+/m0/s1. The molecule has 1 aromatic rings. The molecule has 0 radical (unpaired) electrons. The van der Waals surface area contributed by atoms with E-state index in [-0.39, 0.29) is 5.56 Å². The summed E-state index contributed by atoms with van der Waals surface area (Å²) in [5.74, 6) is -9.11. The number of esters is 4. The Morgan fingerprint density at radius 1 is 0.974 bits per heavy atom. The van der Waals surface area contributed by atoms with Crippen molar-refractivity contribution in [3.8, 4) is 0 Å². The highest BCUT2D eigenvalue weighted by Gasteiger charge is 2.57. The zero-order valence-electron chi connectivity index (χ0n) is 21.1. The molecule has 0 unspecified atom stereocenters. The monoisotopic (exact) mass is 539 g/mol. The van der Waals surface area contributed by atoms with Gasteiger partial charge in [-0.05, 0) is 12.1 Å². The molecular formula is C24H29NO13. The Kier molecular flexibility index (Phi) is 10.3. The van der Waals surface area contributed by atoms with E-state index in [1.165, 1.54) is 12.1 Å². The van der Waals surface area contributed by atoms with Crippen LogP contribution in [0.2, 0.25) is 0 Å². The summed E-state index contributed by atoms with van der Waals surface area (Å²) in [6.07, 6.45) is -7.50. The van der Waals surface area contributed by atoms with Gasteiger partial charge < -0.3 is 39.2 Å². The molecular weight excluding hydrogens is 510 g/mol. The molecule has 1 fully saturated rings. The van der Waals surface area contributed by atoms with Crippen LogP contribution in [0.3, 0.4) is 0 Å². The van der Waals surface area contributed by atoms with Crippen LogP contribution in [-0.2, 0) is 47.7 Å². The van der Waals surface area contributed by atoms with E-state index in [1.807, 2.05) is 0 Å². The van der Waals surface area contributed by atoms with Crippen molar-refractivity contribution in [1.82, 2.24) is 5.32 Å². The van der Waals surface area contributed by atoms with Gasteiger partial charge >= 0.3 is 29.8 Å². The Hall–Kier alpha value is -4.04. The molecule has 1 heterocycles. The topological polar surface area (TPSA) is 201 Å². The number of amides is 1. The maximum absolute atomic E-state index is 13.0. The normalized spacial score (nSPS) is 24.2. The van der Waals surface area contributed by atoms with E-state index < -0.39 is 85.0 Å². The lowest BCUT2D eigenvalue weighted by Gasteiger charge is -2.46. The second-order valence-corrected chi connectivity index (χ2v) is 8.41. The predicted octanol–water partition coefficient (Wildman–Crippen LogP) is -0.295. The minimum Gasteiger partial charge on any atom is -0.477 e. The van der Waals surface area contributed by atoms with Crippen LogP contribution >= 0.6 is 0 Å². The van der Waals surface area contributed by atoms with Crippen molar-refractivity contribution in [3.63, 3.8) is 0 Å². The summed E-state index contributed by atoms with van der Waals surface area (Å²) in [5.41, 5.74) is 0.160. The van der Waals surface area contributed by atoms with Gasteiger partial charge in [0.2, 0.25) is 0 Å². The van der Waals surface area contributed by atoms with Crippen LogP contribution < -0.4 is 5.32 Å². The molecule has 1 saturated heterocycles. The average Bonchev–Trinajstić information content (AvgIpc) is 2.81. The van der Waals surface area contributed by atoms with Gasteiger partial charge in [0.1, 0.15) is 18.8 Å². The third kappa shape index (κ3) is 8.24. The minimum absolute atomic E-state index is 0.160. The van der Waals surface area contributed by atoms with E-state index in [1.54, 1.807) is 18.2 Å². The van der Waals surface area contributed by atoms with Gasteiger partial charge in [-0.15, -0.1) is 0 Å². The summed E-state index contributed by atoms with van der Waals surface area (Å²) in [4.78, 5) is 72.2. The average molecular weight is 539 g/mol. The number of rotatable bonds is 10. The molecule has 1 aliphatic rings. The zero-order chi connectivity index (χ0) is 28.6. The van der Waals surface area contributed by atoms with E-state index >= 15 is 0 Å². The molecule has 0 saturated carbocycles. The lowest BCUT2D eigenvalue weighted by Crippen LogP contribution is -2.68. The quantitative estimate of drug-likeness (QED) is 0.259. The van der Waals surface area contributed by atoms with Gasteiger partial charge in [0.05, 0.1) is 12.5 Å².